The van der Waals surface area contributed by atoms with Crippen molar-refractivity contribution in [3.63, 3.8) is 0 Å². The van der Waals surface area contributed by atoms with Crippen molar-refractivity contribution >= 4 is 65.4 Å². The molecule has 3 heteroatoms. The highest BCUT2D eigenvalue weighted by molar-refractivity contribution is 6.19. The minimum absolute atomic E-state index is 1.15. The molecule has 0 radical (unpaired) electrons. The third-order valence-electron chi connectivity index (χ3n) is 10.6. The Morgan fingerprint density at radius 3 is 1.12 bits per heavy atom. The summed E-state index contributed by atoms with van der Waals surface area (Å²) in [7, 11) is 0. The minimum atomic E-state index is 1.15. The van der Waals surface area contributed by atoms with Gasteiger partial charge >= 0.3 is 0 Å². The second-order valence-corrected chi connectivity index (χ2v) is 13.4. The molecule has 0 spiro atoms. The molecule has 0 unspecified atom stereocenters. The summed E-state index contributed by atoms with van der Waals surface area (Å²) in [5, 5.41) is 7.56. The van der Waals surface area contributed by atoms with Crippen LogP contribution >= 0.6 is 0 Å². The highest BCUT2D eigenvalue weighted by Crippen LogP contribution is 2.40. The maximum Gasteiger partial charge on any atom is 0.0548 e. The van der Waals surface area contributed by atoms with Crippen LogP contribution in [0.1, 0.15) is 0 Å². The van der Waals surface area contributed by atoms with Gasteiger partial charge in [-0.05, 0) is 83.9 Å². The Bertz CT molecular complexity index is 3070. The zero-order valence-electron chi connectivity index (χ0n) is 27.7. The van der Waals surface area contributed by atoms with Gasteiger partial charge in [0.25, 0.3) is 0 Å². The minimum Gasteiger partial charge on any atom is -0.309 e. The second-order valence-electron chi connectivity index (χ2n) is 13.4. The average Bonchev–Trinajstić information content (AvgIpc) is 3.83. The lowest BCUT2D eigenvalue weighted by Crippen LogP contribution is -1.95. The van der Waals surface area contributed by atoms with E-state index in [1.807, 2.05) is 0 Å². The highest BCUT2D eigenvalue weighted by Gasteiger charge is 2.18. The van der Waals surface area contributed by atoms with Crippen molar-refractivity contribution in [2.75, 3.05) is 0 Å². The summed E-state index contributed by atoms with van der Waals surface area (Å²) < 4.78 is 7.21. The first-order chi connectivity index (χ1) is 25.3. The first-order valence-electron chi connectivity index (χ1n) is 17.5. The third-order valence-corrected chi connectivity index (χ3v) is 10.6. The standard InChI is InChI=1S/C48H31N3/c1-2-14-34(15-3-1)49-45-23-10-6-19-39(45)41-31-48-42(30-47(41)49)40-20-7-11-24-46(40)50(48)35-27-25-32(26-28-35)33-13-12-16-36(29-33)51-43-21-8-4-17-37(43)38-18-5-9-22-44(38)51/h1-31H. The van der Waals surface area contributed by atoms with Gasteiger partial charge in [-0.3, -0.25) is 0 Å². The number of benzene rings is 8. The fraction of sp³-hybridized carbons (Fsp3) is 0. The molecule has 0 amide bonds. The predicted molar refractivity (Wildman–Crippen MR) is 215 cm³/mol. The Balaban J connectivity index is 1.07. The summed E-state index contributed by atoms with van der Waals surface area (Å²) in [6.45, 7) is 0. The van der Waals surface area contributed by atoms with E-state index in [4.69, 9.17) is 0 Å². The summed E-state index contributed by atoms with van der Waals surface area (Å²) >= 11 is 0. The monoisotopic (exact) mass is 649 g/mol. The Labute approximate surface area is 294 Å². The van der Waals surface area contributed by atoms with Crippen LogP contribution in [0.15, 0.2) is 188 Å². The van der Waals surface area contributed by atoms with Gasteiger partial charge in [-0.2, -0.15) is 0 Å². The molecule has 238 valence electrons. The summed E-state index contributed by atoms with van der Waals surface area (Å²) in [6, 6.07) is 68.4. The van der Waals surface area contributed by atoms with Crippen molar-refractivity contribution < 1.29 is 0 Å². The van der Waals surface area contributed by atoms with Gasteiger partial charge < -0.3 is 13.7 Å². The number of rotatable bonds is 4. The van der Waals surface area contributed by atoms with Crippen LogP contribution in [0.2, 0.25) is 0 Å². The smallest absolute Gasteiger partial charge is 0.0548 e. The first kappa shape index (κ1) is 28.0. The number of hydrogen-bond acceptors (Lipinski definition) is 0. The predicted octanol–water partition coefficient (Wildman–Crippen LogP) is 12.6. The Morgan fingerprint density at radius 2 is 0.608 bits per heavy atom. The molecule has 0 aliphatic heterocycles. The van der Waals surface area contributed by atoms with Gasteiger partial charge in [0, 0.05) is 49.4 Å². The quantitative estimate of drug-likeness (QED) is 0.180. The molecule has 11 aromatic rings. The number of para-hydroxylation sites is 5. The number of nitrogens with zero attached hydrogens (tertiary/aromatic N) is 3. The zero-order chi connectivity index (χ0) is 33.5. The largest absolute Gasteiger partial charge is 0.309 e. The molecular weight excluding hydrogens is 619 g/mol. The van der Waals surface area contributed by atoms with Gasteiger partial charge in [0.2, 0.25) is 0 Å². The fourth-order valence-electron chi connectivity index (χ4n) is 8.39. The van der Waals surface area contributed by atoms with Crippen LogP contribution in [-0.2, 0) is 0 Å². The number of hydrogen-bond donors (Lipinski definition) is 0. The zero-order valence-corrected chi connectivity index (χ0v) is 27.7. The summed E-state index contributed by atoms with van der Waals surface area (Å²) in [5.74, 6) is 0. The van der Waals surface area contributed by atoms with Gasteiger partial charge in [0.05, 0.1) is 33.1 Å². The molecule has 0 atom stereocenters. The summed E-state index contributed by atoms with van der Waals surface area (Å²) in [6.07, 6.45) is 0. The van der Waals surface area contributed by atoms with Crippen molar-refractivity contribution in [3.05, 3.63) is 188 Å². The van der Waals surface area contributed by atoms with Crippen molar-refractivity contribution in [3.8, 4) is 28.2 Å². The fourth-order valence-corrected chi connectivity index (χ4v) is 8.39. The number of fused-ring (bicyclic) bond motifs is 9. The maximum absolute atomic E-state index is 2.43. The van der Waals surface area contributed by atoms with Crippen molar-refractivity contribution in [2.24, 2.45) is 0 Å². The molecule has 3 heterocycles. The molecule has 8 aromatic carbocycles. The van der Waals surface area contributed by atoms with E-state index in [2.05, 4.69) is 202 Å². The van der Waals surface area contributed by atoms with Gasteiger partial charge in [-0.1, -0.05) is 115 Å². The number of aromatic nitrogens is 3. The molecule has 0 aliphatic rings. The molecule has 0 aliphatic carbocycles. The van der Waals surface area contributed by atoms with E-state index in [1.165, 1.54) is 82.2 Å². The first-order valence-corrected chi connectivity index (χ1v) is 17.5. The van der Waals surface area contributed by atoms with E-state index in [1.54, 1.807) is 0 Å². The van der Waals surface area contributed by atoms with E-state index in [0.717, 1.165) is 11.4 Å². The van der Waals surface area contributed by atoms with Crippen LogP contribution in [-0.4, -0.2) is 13.7 Å². The van der Waals surface area contributed by atoms with Gasteiger partial charge in [-0.25, -0.2) is 0 Å². The van der Waals surface area contributed by atoms with Crippen molar-refractivity contribution in [1.29, 1.82) is 0 Å². The molecule has 51 heavy (non-hydrogen) atoms. The normalized spacial score (nSPS) is 11.9. The molecule has 0 N–H and O–H groups in total. The average molecular weight is 650 g/mol. The van der Waals surface area contributed by atoms with Crippen LogP contribution < -0.4 is 0 Å². The van der Waals surface area contributed by atoms with E-state index in [9.17, 15) is 0 Å². The van der Waals surface area contributed by atoms with Crippen LogP contribution in [0.5, 0.6) is 0 Å². The van der Waals surface area contributed by atoms with Crippen LogP contribution in [0.25, 0.3) is 93.6 Å². The summed E-state index contributed by atoms with van der Waals surface area (Å²) in [4.78, 5) is 0. The van der Waals surface area contributed by atoms with E-state index in [0.29, 0.717) is 0 Å². The molecule has 3 aromatic heterocycles. The molecule has 3 nitrogen and oxygen atoms in total. The molecule has 0 bridgehead atoms. The SMILES string of the molecule is c1ccc(-n2c3ccccc3c3cc4c(cc32)c2ccccc2n4-c2ccc(-c3cccc(-n4c5ccccc5c5ccccc54)c3)cc2)cc1. The van der Waals surface area contributed by atoms with E-state index < -0.39 is 0 Å². The second kappa shape index (κ2) is 10.8. The Morgan fingerprint density at radius 1 is 0.216 bits per heavy atom. The third kappa shape index (κ3) is 4.12. The van der Waals surface area contributed by atoms with E-state index in [-0.39, 0.29) is 0 Å². The summed E-state index contributed by atoms with van der Waals surface area (Å²) in [5.41, 5.74) is 13.2. The van der Waals surface area contributed by atoms with Crippen LogP contribution in [0.4, 0.5) is 0 Å². The topological polar surface area (TPSA) is 14.8 Å². The maximum atomic E-state index is 2.43. The van der Waals surface area contributed by atoms with Crippen LogP contribution in [0, 0.1) is 0 Å². The molecule has 0 fully saturated rings. The lowest BCUT2D eigenvalue weighted by atomic mass is 10.0. The van der Waals surface area contributed by atoms with Gasteiger partial charge in [0.1, 0.15) is 0 Å². The van der Waals surface area contributed by atoms with Crippen LogP contribution in [0.3, 0.4) is 0 Å². The van der Waals surface area contributed by atoms with Crippen molar-refractivity contribution in [2.45, 2.75) is 0 Å². The van der Waals surface area contributed by atoms with Crippen molar-refractivity contribution in [1.82, 2.24) is 13.7 Å². The molecule has 0 saturated heterocycles. The highest BCUT2D eigenvalue weighted by atomic mass is 15.0. The Hall–Kier alpha value is -6.84. The molecule has 11 rings (SSSR count). The lowest BCUT2D eigenvalue weighted by molar-refractivity contribution is 1.17. The molecular formula is C48H31N3. The lowest BCUT2D eigenvalue weighted by Gasteiger charge is -2.12. The Kier molecular flexibility index (Phi) is 5.96. The molecule has 0 saturated carbocycles. The van der Waals surface area contributed by atoms with Gasteiger partial charge in [-0.15, -0.1) is 0 Å². The van der Waals surface area contributed by atoms with E-state index >= 15 is 0 Å². The van der Waals surface area contributed by atoms with Gasteiger partial charge in [0.15, 0.2) is 0 Å².